The van der Waals surface area contributed by atoms with E-state index in [4.69, 9.17) is 4.74 Å². The number of ether oxygens (including phenoxy) is 1. The van der Waals surface area contributed by atoms with Crippen LogP contribution in [0.3, 0.4) is 0 Å². The molecular formula is C6H10OS3. The molecule has 0 aromatic carbocycles. The van der Waals surface area contributed by atoms with Gasteiger partial charge in [0.25, 0.3) is 0 Å². The molecule has 0 radical (unpaired) electrons. The number of rotatable bonds is 5. The standard InChI is InChI=1S/C6H10OS3/c1-5(7-1)2-9-10-4-6-3-8-6/h5-6H,1-4H2. The Bertz CT molecular complexity index is 97.6. The average Bonchev–Trinajstić information content (AvgIpc) is 2.77. The molecule has 2 saturated heterocycles. The second-order valence-corrected chi connectivity index (χ2v) is 6.37. The Balaban J connectivity index is 1.40. The second-order valence-electron chi connectivity index (χ2n) is 2.48. The first-order valence-corrected chi connectivity index (χ1v) is 6.96. The van der Waals surface area contributed by atoms with E-state index in [1.807, 2.05) is 21.6 Å². The van der Waals surface area contributed by atoms with Crippen molar-refractivity contribution in [3.05, 3.63) is 0 Å². The van der Waals surface area contributed by atoms with Crippen molar-refractivity contribution in [3.63, 3.8) is 0 Å². The largest absolute Gasteiger partial charge is 0.372 e. The zero-order valence-corrected chi connectivity index (χ0v) is 8.07. The van der Waals surface area contributed by atoms with Gasteiger partial charge < -0.3 is 4.74 Å². The second kappa shape index (κ2) is 3.61. The number of hydrogen-bond donors (Lipinski definition) is 0. The summed E-state index contributed by atoms with van der Waals surface area (Å²) >= 11 is 2.08. The maximum absolute atomic E-state index is 5.09. The third-order valence-corrected chi connectivity index (χ3v) is 5.11. The lowest BCUT2D eigenvalue weighted by Gasteiger charge is -1.94. The van der Waals surface area contributed by atoms with Gasteiger partial charge in [0.15, 0.2) is 0 Å². The van der Waals surface area contributed by atoms with Gasteiger partial charge >= 0.3 is 0 Å². The van der Waals surface area contributed by atoms with Crippen LogP contribution in [-0.2, 0) is 4.74 Å². The van der Waals surface area contributed by atoms with E-state index in [-0.39, 0.29) is 0 Å². The van der Waals surface area contributed by atoms with Gasteiger partial charge in [-0.2, -0.15) is 11.8 Å². The predicted octanol–water partition coefficient (Wildman–Crippen LogP) is 1.88. The van der Waals surface area contributed by atoms with Gasteiger partial charge in [0, 0.05) is 22.5 Å². The van der Waals surface area contributed by atoms with Gasteiger partial charge in [-0.1, -0.05) is 21.6 Å². The van der Waals surface area contributed by atoms with E-state index in [2.05, 4.69) is 11.8 Å². The fraction of sp³-hybridized carbons (Fsp3) is 1.00. The van der Waals surface area contributed by atoms with Crippen molar-refractivity contribution in [2.75, 3.05) is 23.9 Å². The Labute approximate surface area is 73.4 Å². The lowest BCUT2D eigenvalue weighted by molar-refractivity contribution is 0.426. The molecule has 2 aliphatic heterocycles. The van der Waals surface area contributed by atoms with Gasteiger partial charge in [0.05, 0.1) is 12.7 Å². The first-order valence-electron chi connectivity index (χ1n) is 3.43. The summed E-state index contributed by atoms with van der Waals surface area (Å²) in [5.74, 6) is 3.93. The molecule has 1 nitrogen and oxygen atoms in total. The minimum atomic E-state index is 0.601. The van der Waals surface area contributed by atoms with Gasteiger partial charge in [-0.25, -0.2) is 0 Å². The van der Waals surface area contributed by atoms with Crippen molar-refractivity contribution in [2.24, 2.45) is 0 Å². The van der Waals surface area contributed by atoms with Crippen LogP contribution in [0.4, 0.5) is 0 Å². The molecule has 2 aliphatic rings. The van der Waals surface area contributed by atoms with Crippen molar-refractivity contribution in [3.8, 4) is 0 Å². The molecule has 10 heavy (non-hydrogen) atoms. The predicted molar refractivity (Wildman–Crippen MR) is 50.9 cm³/mol. The minimum Gasteiger partial charge on any atom is -0.372 e. The summed E-state index contributed by atoms with van der Waals surface area (Å²) < 4.78 is 5.09. The van der Waals surface area contributed by atoms with Crippen molar-refractivity contribution in [2.45, 2.75) is 11.4 Å². The zero-order valence-electron chi connectivity index (χ0n) is 5.62. The van der Waals surface area contributed by atoms with Gasteiger partial charge in [0.2, 0.25) is 0 Å². The molecule has 0 aliphatic carbocycles. The van der Waals surface area contributed by atoms with Crippen LogP contribution in [0.15, 0.2) is 0 Å². The molecular weight excluding hydrogens is 184 g/mol. The highest BCUT2D eigenvalue weighted by atomic mass is 33.1. The maximum Gasteiger partial charge on any atom is 0.0908 e. The molecule has 0 saturated carbocycles. The normalized spacial score (nSPS) is 36.0. The number of epoxide rings is 1. The first-order chi connectivity index (χ1) is 4.95. The van der Waals surface area contributed by atoms with Crippen LogP contribution < -0.4 is 0 Å². The topological polar surface area (TPSA) is 12.5 Å². The van der Waals surface area contributed by atoms with Crippen LogP contribution in [0.1, 0.15) is 0 Å². The molecule has 0 aromatic rings. The average molecular weight is 194 g/mol. The van der Waals surface area contributed by atoms with Crippen LogP contribution in [-0.4, -0.2) is 35.2 Å². The van der Waals surface area contributed by atoms with E-state index < -0.39 is 0 Å². The molecule has 0 aromatic heterocycles. The van der Waals surface area contributed by atoms with Crippen molar-refractivity contribution >= 4 is 33.3 Å². The van der Waals surface area contributed by atoms with E-state index in [0.29, 0.717) is 6.10 Å². The molecule has 4 heteroatoms. The zero-order chi connectivity index (χ0) is 6.81. The van der Waals surface area contributed by atoms with E-state index in [1.165, 1.54) is 17.3 Å². The van der Waals surface area contributed by atoms with Crippen molar-refractivity contribution in [1.29, 1.82) is 0 Å². The molecule has 0 amide bonds. The number of thioether (sulfide) groups is 1. The summed E-state index contributed by atoms with van der Waals surface area (Å²) in [6, 6.07) is 0. The van der Waals surface area contributed by atoms with Gasteiger partial charge in [-0.15, -0.1) is 0 Å². The van der Waals surface area contributed by atoms with E-state index in [0.717, 1.165) is 11.9 Å². The lowest BCUT2D eigenvalue weighted by atomic mass is 10.6. The highest BCUT2D eigenvalue weighted by molar-refractivity contribution is 8.76. The highest BCUT2D eigenvalue weighted by Crippen LogP contribution is 2.37. The van der Waals surface area contributed by atoms with Crippen LogP contribution in [0.2, 0.25) is 0 Å². The Hall–Kier alpha value is 1.01. The van der Waals surface area contributed by atoms with E-state index >= 15 is 0 Å². The lowest BCUT2D eigenvalue weighted by Crippen LogP contribution is -1.88. The van der Waals surface area contributed by atoms with Crippen molar-refractivity contribution in [1.82, 2.24) is 0 Å². The Kier molecular flexibility index (Phi) is 2.76. The molecule has 0 spiro atoms. The molecule has 58 valence electrons. The third kappa shape index (κ3) is 2.95. The van der Waals surface area contributed by atoms with Crippen LogP contribution in [0.25, 0.3) is 0 Å². The fourth-order valence-corrected chi connectivity index (χ4v) is 4.16. The van der Waals surface area contributed by atoms with E-state index in [9.17, 15) is 0 Å². The maximum atomic E-state index is 5.09. The van der Waals surface area contributed by atoms with Gasteiger partial charge in [0.1, 0.15) is 0 Å². The molecule has 0 bridgehead atoms. The molecule has 2 atom stereocenters. The summed E-state index contributed by atoms with van der Waals surface area (Å²) in [6.07, 6.45) is 0.601. The highest BCUT2D eigenvalue weighted by Gasteiger charge is 2.24. The Morgan fingerprint density at radius 1 is 1.40 bits per heavy atom. The summed E-state index contributed by atoms with van der Waals surface area (Å²) in [6.45, 7) is 1.01. The minimum absolute atomic E-state index is 0.601. The SMILES string of the molecule is C1OC1CSSCC1CS1. The van der Waals surface area contributed by atoms with Crippen molar-refractivity contribution < 1.29 is 4.74 Å². The first kappa shape index (κ1) is 7.65. The monoisotopic (exact) mass is 194 g/mol. The van der Waals surface area contributed by atoms with E-state index in [1.54, 1.807) is 0 Å². The molecule has 2 fully saturated rings. The van der Waals surface area contributed by atoms with Crippen LogP contribution in [0.5, 0.6) is 0 Å². The Morgan fingerprint density at radius 2 is 2.10 bits per heavy atom. The smallest absolute Gasteiger partial charge is 0.0908 e. The third-order valence-electron chi connectivity index (χ3n) is 1.40. The molecule has 2 heterocycles. The van der Waals surface area contributed by atoms with Gasteiger partial charge in [-0.3, -0.25) is 0 Å². The number of hydrogen-bond acceptors (Lipinski definition) is 4. The summed E-state index contributed by atoms with van der Waals surface area (Å²) in [4.78, 5) is 0. The molecule has 2 unspecified atom stereocenters. The molecule has 2 rings (SSSR count). The summed E-state index contributed by atoms with van der Waals surface area (Å²) in [7, 11) is 3.98. The summed E-state index contributed by atoms with van der Waals surface area (Å²) in [5, 5.41) is 0.984. The van der Waals surface area contributed by atoms with Gasteiger partial charge in [-0.05, 0) is 0 Å². The Morgan fingerprint density at radius 3 is 2.70 bits per heavy atom. The summed E-state index contributed by atoms with van der Waals surface area (Å²) in [5.41, 5.74) is 0. The fourth-order valence-electron chi connectivity index (χ4n) is 0.577. The molecule has 0 N–H and O–H groups in total. The quantitative estimate of drug-likeness (QED) is 0.376. The van der Waals surface area contributed by atoms with Crippen LogP contribution in [0, 0.1) is 0 Å². The van der Waals surface area contributed by atoms with Crippen LogP contribution >= 0.6 is 33.3 Å².